The number of hydrogen-bond acceptors (Lipinski definition) is 2. The van der Waals surface area contributed by atoms with E-state index in [9.17, 15) is 0 Å². The first kappa shape index (κ1) is 17.2. The second-order valence-electron chi connectivity index (χ2n) is 7.09. The van der Waals surface area contributed by atoms with Crippen molar-refractivity contribution >= 4 is 0 Å². The maximum absolute atomic E-state index is 4.80. The van der Waals surface area contributed by atoms with Gasteiger partial charge in [0.1, 0.15) is 11.6 Å². The van der Waals surface area contributed by atoms with Gasteiger partial charge in [-0.1, -0.05) is 60.7 Å². The predicted molar refractivity (Wildman–Crippen MR) is 117 cm³/mol. The van der Waals surface area contributed by atoms with E-state index in [1.54, 1.807) is 0 Å². The van der Waals surface area contributed by atoms with Gasteiger partial charge < -0.3 is 9.97 Å². The standard InChI is InChI=1S/C25H20N4/c1-17-12-20(22-15-26-24(28-22)18-8-4-2-5-9-18)14-21(13-17)23-16-27-25(29-23)19-10-6-3-7-11-19/h2-16H,1H3,(H,26,28)(H,27,29). The Labute approximate surface area is 169 Å². The number of benzene rings is 3. The molecule has 0 fully saturated rings. The Bertz CT molecular complexity index is 1150. The fourth-order valence-corrected chi connectivity index (χ4v) is 3.51. The number of aryl methyl sites for hydroxylation is 1. The molecule has 29 heavy (non-hydrogen) atoms. The number of aromatic nitrogens is 4. The normalized spacial score (nSPS) is 10.9. The highest BCUT2D eigenvalue weighted by atomic mass is 14.9. The zero-order valence-corrected chi connectivity index (χ0v) is 16.1. The quantitative estimate of drug-likeness (QED) is 0.398. The molecule has 0 aliphatic rings. The number of H-pyrrole nitrogens is 2. The van der Waals surface area contributed by atoms with Crippen molar-refractivity contribution in [3.05, 3.63) is 96.8 Å². The molecule has 0 saturated heterocycles. The van der Waals surface area contributed by atoms with Gasteiger partial charge in [0.25, 0.3) is 0 Å². The van der Waals surface area contributed by atoms with Crippen molar-refractivity contribution in [3.8, 4) is 45.3 Å². The van der Waals surface area contributed by atoms with E-state index in [4.69, 9.17) is 9.97 Å². The van der Waals surface area contributed by atoms with Gasteiger partial charge in [0, 0.05) is 34.6 Å². The molecule has 0 atom stereocenters. The summed E-state index contributed by atoms with van der Waals surface area (Å²) in [6, 6.07) is 26.8. The van der Waals surface area contributed by atoms with Crippen LogP contribution in [-0.2, 0) is 0 Å². The molecule has 0 unspecified atom stereocenters. The number of nitrogens with one attached hydrogen (secondary N) is 2. The van der Waals surface area contributed by atoms with Crippen molar-refractivity contribution in [3.63, 3.8) is 0 Å². The smallest absolute Gasteiger partial charge is 0.138 e. The number of nitrogens with zero attached hydrogens (tertiary/aromatic N) is 2. The fourth-order valence-electron chi connectivity index (χ4n) is 3.51. The SMILES string of the molecule is Cc1cc(-c2c[nH]c(-c3ccccc3)n2)cc(-c2c[nH]c(-c3ccccc3)n2)c1. The lowest BCUT2D eigenvalue weighted by molar-refractivity contribution is 1.30. The van der Waals surface area contributed by atoms with Crippen molar-refractivity contribution in [1.82, 2.24) is 19.9 Å². The summed E-state index contributed by atoms with van der Waals surface area (Å²) in [6.45, 7) is 2.10. The predicted octanol–water partition coefficient (Wildman–Crippen LogP) is 6.11. The van der Waals surface area contributed by atoms with Gasteiger partial charge in [0.15, 0.2) is 0 Å². The van der Waals surface area contributed by atoms with Crippen molar-refractivity contribution in [2.24, 2.45) is 0 Å². The van der Waals surface area contributed by atoms with Crippen molar-refractivity contribution < 1.29 is 0 Å². The highest BCUT2D eigenvalue weighted by molar-refractivity contribution is 5.73. The molecule has 2 heterocycles. The Morgan fingerprint density at radius 1 is 0.552 bits per heavy atom. The van der Waals surface area contributed by atoms with Gasteiger partial charge in [-0.15, -0.1) is 0 Å². The van der Waals surface area contributed by atoms with Crippen LogP contribution in [0.1, 0.15) is 5.56 Å². The number of rotatable bonds is 4. The van der Waals surface area contributed by atoms with Gasteiger partial charge in [-0.05, 0) is 30.7 Å². The largest absolute Gasteiger partial charge is 0.344 e. The Balaban J connectivity index is 1.50. The summed E-state index contributed by atoms with van der Waals surface area (Å²) in [5.74, 6) is 1.74. The summed E-state index contributed by atoms with van der Waals surface area (Å²) in [6.07, 6.45) is 3.92. The minimum Gasteiger partial charge on any atom is -0.344 e. The monoisotopic (exact) mass is 376 g/mol. The lowest BCUT2D eigenvalue weighted by Gasteiger charge is -2.04. The fraction of sp³-hybridized carbons (Fsp3) is 0.0400. The van der Waals surface area contributed by atoms with Gasteiger partial charge in [-0.2, -0.15) is 0 Å². The molecule has 0 aliphatic heterocycles. The van der Waals surface area contributed by atoms with Crippen LogP contribution < -0.4 is 0 Å². The zero-order valence-electron chi connectivity index (χ0n) is 16.1. The molecule has 4 heteroatoms. The van der Waals surface area contributed by atoms with E-state index in [0.29, 0.717) is 0 Å². The van der Waals surface area contributed by atoms with Crippen LogP contribution >= 0.6 is 0 Å². The minimum atomic E-state index is 0.870. The summed E-state index contributed by atoms with van der Waals surface area (Å²) in [5.41, 5.74) is 7.31. The highest BCUT2D eigenvalue weighted by Crippen LogP contribution is 2.29. The van der Waals surface area contributed by atoms with Crippen LogP contribution in [0.5, 0.6) is 0 Å². The van der Waals surface area contributed by atoms with Gasteiger partial charge in [-0.25, -0.2) is 9.97 Å². The molecule has 3 aromatic carbocycles. The van der Waals surface area contributed by atoms with E-state index in [-0.39, 0.29) is 0 Å². The average molecular weight is 376 g/mol. The molecule has 4 nitrogen and oxygen atoms in total. The van der Waals surface area contributed by atoms with E-state index in [1.165, 1.54) is 5.56 Å². The molecule has 0 amide bonds. The molecule has 0 radical (unpaired) electrons. The molecule has 5 rings (SSSR count). The molecule has 0 spiro atoms. The molecule has 0 aliphatic carbocycles. The summed E-state index contributed by atoms with van der Waals surface area (Å²) in [4.78, 5) is 16.2. The van der Waals surface area contributed by atoms with Crippen molar-refractivity contribution in [1.29, 1.82) is 0 Å². The van der Waals surface area contributed by atoms with Crippen LogP contribution in [0, 0.1) is 6.92 Å². The van der Waals surface area contributed by atoms with Gasteiger partial charge in [0.05, 0.1) is 11.4 Å². The first-order valence-corrected chi connectivity index (χ1v) is 9.60. The van der Waals surface area contributed by atoms with Crippen LogP contribution in [0.25, 0.3) is 45.3 Å². The van der Waals surface area contributed by atoms with Crippen molar-refractivity contribution in [2.45, 2.75) is 6.92 Å². The Morgan fingerprint density at radius 3 is 1.45 bits per heavy atom. The van der Waals surface area contributed by atoms with Crippen LogP contribution in [0.4, 0.5) is 0 Å². The second-order valence-corrected chi connectivity index (χ2v) is 7.09. The van der Waals surface area contributed by atoms with E-state index in [0.717, 1.165) is 45.3 Å². The first-order chi connectivity index (χ1) is 14.3. The number of imidazole rings is 2. The Kier molecular flexibility index (Phi) is 4.30. The topological polar surface area (TPSA) is 57.4 Å². The summed E-state index contributed by atoms with van der Waals surface area (Å²) >= 11 is 0. The lowest BCUT2D eigenvalue weighted by atomic mass is 10.0. The highest BCUT2D eigenvalue weighted by Gasteiger charge is 2.11. The zero-order chi connectivity index (χ0) is 19.6. The maximum atomic E-state index is 4.80. The van der Waals surface area contributed by atoms with E-state index in [2.05, 4.69) is 59.4 Å². The second kappa shape index (κ2) is 7.24. The molecule has 140 valence electrons. The van der Waals surface area contributed by atoms with Crippen LogP contribution in [0.15, 0.2) is 91.3 Å². The third-order valence-electron chi connectivity index (χ3n) is 4.92. The molecule has 5 aromatic rings. The third-order valence-corrected chi connectivity index (χ3v) is 4.92. The Morgan fingerprint density at radius 2 is 1.00 bits per heavy atom. The Hall–Kier alpha value is -3.92. The maximum Gasteiger partial charge on any atom is 0.138 e. The molecular weight excluding hydrogens is 356 g/mol. The number of aromatic amines is 2. The van der Waals surface area contributed by atoms with Gasteiger partial charge in [0.2, 0.25) is 0 Å². The van der Waals surface area contributed by atoms with Gasteiger partial charge >= 0.3 is 0 Å². The third kappa shape index (κ3) is 3.48. The lowest BCUT2D eigenvalue weighted by Crippen LogP contribution is -1.86. The van der Waals surface area contributed by atoms with E-state index >= 15 is 0 Å². The average Bonchev–Trinajstić information content (AvgIpc) is 3.45. The van der Waals surface area contributed by atoms with Crippen LogP contribution in [-0.4, -0.2) is 19.9 Å². The molecule has 0 bridgehead atoms. The van der Waals surface area contributed by atoms with Gasteiger partial charge in [-0.3, -0.25) is 0 Å². The molecule has 0 saturated carbocycles. The molecular formula is C25H20N4. The molecule has 2 N–H and O–H groups in total. The van der Waals surface area contributed by atoms with E-state index < -0.39 is 0 Å². The number of hydrogen-bond donors (Lipinski definition) is 2. The summed E-state index contributed by atoms with van der Waals surface area (Å²) in [5, 5.41) is 0. The summed E-state index contributed by atoms with van der Waals surface area (Å²) in [7, 11) is 0. The first-order valence-electron chi connectivity index (χ1n) is 9.60. The van der Waals surface area contributed by atoms with E-state index in [1.807, 2.05) is 48.8 Å². The molecule has 2 aromatic heterocycles. The summed E-state index contributed by atoms with van der Waals surface area (Å²) < 4.78 is 0. The van der Waals surface area contributed by atoms with Crippen LogP contribution in [0.3, 0.4) is 0 Å². The minimum absolute atomic E-state index is 0.870. The van der Waals surface area contributed by atoms with Crippen LogP contribution in [0.2, 0.25) is 0 Å². The van der Waals surface area contributed by atoms with Crippen molar-refractivity contribution in [2.75, 3.05) is 0 Å².